The molecule has 20 heteroatoms. The zero-order valence-electron chi connectivity index (χ0n) is 43.1. The first-order valence-electron chi connectivity index (χ1n) is 23.8. The fourth-order valence-corrected chi connectivity index (χ4v) is 9.64. The molecule has 1 aromatic rings. The van der Waals surface area contributed by atoms with Gasteiger partial charge in [-0.3, -0.25) is 9.32 Å². The molecule has 0 radical (unpaired) electrons. The van der Waals surface area contributed by atoms with Crippen molar-refractivity contribution in [2.24, 2.45) is 23.2 Å². The number of ether oxygens (including phenoxy) is 4. The first kappa shape index (κ1) is 60.9. The van der Waals surface area contributed by atoms with Crippen molar-refractivity contribution in [2.45, 2.75) is 161 Å². The molecule has 396 valence electrons. The molecule has 2 saturated heterocycles. The Morgan fingerprint density at radius 2 is 1.76 bits per heavy atom. The average Bonchev–Trinajstić information content (AvgIpc) is 3.84. The topological polar surface area (TPSA) is 287 Å². The summed E-state index contributed by atoms with van der Waals surface area (Å²) in [6, 6.07) is 1.40. The number of nitrogens with one attached hydrogen (secondary N) is 1. The molecule has 0 bridgehead atoms. The number of nitriles is 1. The van der Waals surface area contributed by atoms with Crippen LogP contribution in [0.25, 0.3) is 6.08 Å². The molecule has 1 amide bonds. The van der Waals surface area contributed by atoms with Crippen molar-refractivity contribution in [3.05, 3.63) is 71.0 Å². The predicted molar refractivity (Wildman–Crippen MR) is 262 cm³/mol. The van der Waals surface area contributed by atoms with Crippen molar-refractivity contribution in [1.82, 2.24) is 15.2 Å². The molecule has 3 rings (SSSR count). The van der Waals surface area contributed by atoms with Crippen molar-refractivity contribution in [2.75, 3.05) is 41.5 Å². The first-order chi connectivity index (χ1) is 32.6. The molecule has 15 atom stereocenters. The number of carbonyl (C=O) groups is 1. The average molecular weight is 1010 g/mol. The van der Waals surface area contributed by atoms with Gasteiger partial charge in [0, 0.05) is 68.8 Å². The molecule has 0 saturated carbocycles. The SMILES string of the molecule is COC[C@@H]([C@H](O)[C@H](O)C(=O)NCC[C@H](C)c1nc(/C=C/C[C@H]2O[C@@]3(C[C@H](O)[C@H]2C)O[C@H]([C@H](C[C@H](O)[C@H](C)[C@H](O)[C@H](C)/C=C(C)/C(C)=C/C=C/C(C)=C\C#N)OC)[C@H](OP(=O)(O)O)C3(C)C)co1)N(C)C. The van der Waals surface area contributed by atoms with Crippen LogP contribution in [0.5, 0.6) is 0 Å². The number of allylic oxidation sites excluding steroid dienone is 7. The fraction of sp³-hybridized carbons (Fsp3) is 0.700. The molecule has 19 nitrogen and oxygen atoms in total. The number of amides is 1. The minimum absolute atomic E-state index is 0.0645. The zero-order chi connectivity index (χ0) is 52.9. The molecular formula is C50H81N4O15P. The van der Waals surface area contributed by atoms with Gasteiger partial charge in [-0.1, -0.05) is 77.5 Å². The van der Waals surface area contributed by atoms with Crippen LogP contribution in [0.4, 0.5) is 0 Å². The van der Waals surface area contributed by atoms with Gasteiger partial charge in [-0.25, -0.2) is 9.55 Å². The summed E-state index contributed by atoms with van der Waals surface area (Å²) in [4.78, 5) is 39.2. The second-order valence-corrected chi connectivity index (χ2v) is 21.1. The summed E-state index contributed by atoms with van der Waals surface area (Å²) in [6.07, 6.45) is 4.10. The van der Waals surface area contributed by atoms with Gasteiger partial charge >= 0.3 is 7.82 Å². The predicted octanol–water partition coefficient (Wildman–Crippen LogP) is 4.69. The van der Waals surface area contributed by atoms with Crippen molar-refractivity contribution in [3.8, 4) is 6.07 Å². The van der Waals surface area contributed by atoms with E-state index in [0.717, 1.165) is 16.7 Å². The molecule has 0 unspecified atom stereocenters. The molecule has 0 aromatic carbocycles. The van der Waals surface area contributed by atoms with Gasteiger partial charge in [0.2, 0.25) is 0 Å². The van der Waals surface area contributed by atoms with Crippen LogP contribution in [0.2, 0.25) is 0 Å². The number of hydrogen-bond donors (Lipinski definition) is 8. The summed E-state index contributed by atoms with van der Waals surface area (Å²) in [5.74, 6) is -3.63. The lowest BCUT2D eigenvalue weighted by Crippen LogP contribution is -2.58. The van der Waals surface area contributed by atoms with Crippen LogP contribution in [0.1, 0.15) is 105 Å². The summed E-state index contributed by atoms with van der Waals surface area (Å²) in [5.41, 5.74) is 1.87. The Morgan fingerprint density at radius 3 is 2.36 bits per heavy atom. The minimum atomic E-state index is -5.15. The lowest BCUT2D eigenvalue weighted by Gasteiger charge is -2.50. The molecule has 70 heavy (non-hydrogen) atoms. The van der Waals surface area contributed by atoms with Gasteiger partial charge < -0.3 is 68.9 Å². The Hall–Kier alpha value is -3.42. The fourth-order valence-electron chi connectivity index (χ4n) is 8.96. The second-order valence-electron chi connectivity index (χ2n) is 19.9. The van der Waals surface area contributed by atoms with E-state index in [1.807, 2.05) is 78.0 Å². The smallest absolute Gasteiger partial charge is 0.448 e. The van der Waals surface area contributed by atoms with Crippen molar-refractivity contribution < 1.29 is 72.6 Å². The van der Waals surface area contributed by atoms with Crippen LogP contribution in [0.15, 0.2) is 63.9 Å². The van der Waals surface area contributed by atoms with Gasteiger partial charge in [-0.05, 0) is 64.9 Å². The summed E-state index contributed by atoms with van der Waals surface area (Å²) >= 11 is 0. The van der Waals surface area contributed by atoms with Crippen molar-refractivity contribution in [1.29, 1.82) is 5.26 Å². The number of nitrogens with zero attached hydrogens (tertiary/aromatic N) is 3. The normalized spacial score (nSPS) is 27.6. The Balaban J connectivity index is 1.74. The van der Waals surface area contributed by atoms with E-state index >= 15 is 0 Å². The van der Waals surface area contributed by atoms with Crippen LogP contribution in [-0.2, 0) is 32.8 Å². The minimum Gasteiger partial charge on any atom is -0.448 e. The van der Waals surface area contributed by atoms with Gasteiger partial charge in [-0.2, -0.15) is 5.26 Å². The highest BCUT2D eigenvalue weighted by molar-refractivity contribution is 7.46. The molecule has 2 aliphatic heterocycles. The van der Waals surface area contributed by atoms with E-state index in [2.05, 4.69) is 10.3 Å². The zero-order valence-corrected chi connectivity index (χ0v) is 44.0. The van der Waals surface area contributed by atoms with Crippen LogP contribution >= 0.6 is 7.82 Å². The summed E-state index contributed by atoms with van der Waals surface area (Å²) in [7, 11) is 1.12. The van der Waals surface area contributed by atoms with Crippen LogP contribution < -0.4 is 5.32 Å². The first-order valence-corrected chi connectivity index (χ1v) is 25.4. The third-order valence-electron chi connectivity index (χ3n) is 14.0. The van der Waals surface area contributed by atoms with E-state index < -0.39 is 97.7 Å². The lowest BCUT2D eigenvalue weighted by atomic mass is 9.72. The molecule has 1 spiro atoms. The quantitative estimate of drug-likeness (QED) is 0.0355. The highest BCUT2D eigenvalue weighted by Gasteiger charge is 2.68. The number of oxazole rings is 1. The van der Waals surface area contributed by atoms with E-state index in [9.17, 15) is 44.7 Å². The summed E-state index contributed by atoms with van der Waals surface area (Å²) in [5, 5.41) is 67.1. The maximum Gasteiger partial charge on any atom is 0.469 e. The summed E-state index contributed by atoms with van der Waals surface area (Å²) < 4.78 is 48.2. The monoisotopic (exact) mass is 1010 g/mol. The molecule has 3 heterocycles. The third kappa shape index (κ3) is 16.3. The van der Waals surface area contributed by atoms with E-state index in [0.29, 0.717) is 18.0 Å². The number of aliphatic hydroxyl groups is 5. The molecule has 0 aliphatic carbocycles. The molecule has 8 N–H and O–H groups in total. The van der Waals surface area contributed by atoms with E-state index in [4.69, 9.17) is 33.2 Å². The molecular weight excluding hydrogens is 928 g/mol. The number of carbonyl (C=O) groups excluding carboxylic acids is 1. The third-order valence-corrected chi connectivity index (χ3v) is 14.5. The summed E-state index contributed by atoms with van der Waals surface area (Å²) in [6.45, 7) is 16.6. The maximum absolute atomic E-state index is 12.6. The van der Waals surface area contributed by atoms with Gasteiger partial charge in [0.25, 0.3) is 5.91 Å². The molecule has 1 aromatic heterocycles. The number of hydrogen-bond acceptors (Lipinski definition) is 16. The standard InChI is InChI=1S/C50H81N4O15P/c1-29(20-22-51)16-14-17-30(2)32(4)24-33(5)42(57)35(7)38(55)25-41(65-13)45-46(69-70(61,62)63)49(8,9)50(68-45)26-39(56)34(6)40(67-50)19-15-18-36-27-66-48(53-36)31(3)21-23-52-47(60)44(59)43(58)37(28-64-12)54(10)11/h14-18,20,24,27,31,33-35,37-46,55-59H,19,21,23,25-26,28H2,1-13H3,(H,52,60)(H2,61,62,63)/b16-14+,18-15+,29-20-,30-17+,32-24+/t31-,33+,34+,35-,37-,38-,39-,40+,41-,42+,43-,44-,45+,46-,50-/m0/s1. The van der Waals surface area contributed by atoms with Crippen LogP contribution in [-0.4, -0.2) is 159 Å². The number of methoxy groups -OCH3 is 2. The van der Waals surface area contributed by atoms with Gasteiger partial charge in [0.1, 0.15) is 30.3 Å². The van der Waals surface area contributed by atoms with Crippen LogP contribution in [0.3, 0.4) is 0 Å². The van der Waals surface area contributed by atoms with E-state index in [1.165, 1.54) is 26.6 Å². The number of aromatic nitrogens is 1. The van der Waals surface area contributed by atoms with Crippen molar-refractivity contribution >= 4 is 19.8 Å². The highest BCUT2D eigenvalue weighted by Crippen LogP contribution is 2.59. The Morgan fingerprint density at radius 1 is 1.09 bits per heavy atom. The van der Waals surface area contributed by atoms with Crippen LogP contribution in [0, 0.1) is 34.5 Å². The molecule has 2 fully saturated rings. The van der Waals surface area contributed by atoms with Crippen molar-refractivity contribution in [3.63, 3.8) is 0 Å². The highest BCUT2D eigenvalue weighted by atomic mass is 31.2. The number of phosphoric ester groups is 1. The number of aliphatic hydroxyl groups excluding tert-OH is 5. The Labute approximate surface area is 414 Å². The largest absolute Gasteiger partial charge is 0.469 e. The maximum atomic E-state index is 12.6. The van der Waals surface area contributed by atoms with E-state index in [-0.39, 0.29) is 44.2 Å². The molecule has 2 aliphatic rings. The number of likely N-dealkylation sites (N-methyl/N-ethyl adjacent to an activating group) is 1. The number of rotatable bonds is 26. The Bertz CT molecular complexity index is 2080. The second kappa shape index (κ2) is 27.0. The van der Waals surface area contributed by atoms with Gasteiger partial charge in [-0.15, -0.1) is 0 Å². The Kier molecular flexibility index (Phi) is 23.5. The van der Waals surface area contributed by atoms with Gasteiger partial charge in [0.15, 0.2) is 17.8 Å². The number of phosphoric acid groups is 1. The lowest BCUT2D eigenvalue weighted by molar-refractivity contribution is -0.334. The van der Waals surface area contributed by atoms with Gasteiger partial charge in [0.05, 0.1) is 49.2 Å². The van der Waals surface area contributed by atoms with E-state index in [1.54, 1.807) is 45.8 Å².